The summed E-state index contributed by atoms with van der Waals surface area (Å²) >= 11 is 0. The summed E-state index contributed by atoms with van der Waals surface area (Å²) in [5, 5.41) is 3.04. The van der Waals surface area contributed by atoms with Crippen molar-refractivity contribution >= 4 is 5.91 Å². The van der Waals surface area contributed by atoms with Gasteiger partial charge in [0.1, 0.15) is 6.04 Å². The van der Waals surface area contributed by atoms with Gasteiger partial charge in [-0.3, -0.25) is 4.79 Å². The highest BCUT2D eigenvalue weighted by molar-refractivity contribution is 5.80. The number of carbonyl (C=O) groups is 1. The van der Waals surface area contributed by atoms with Crippen molar-refractivity contribution < 1.29 is 4.79 Å². The third kappa shape index (κ3) is 2.57. The third-order valence-corrected chi connectivity index (χ3v) is 3.86. The van der Waals surface area contributed by atoms with Crippen LogP contribution < -0.4 is 5.32 Å². The molecule has 0 saturated carbocycles. The highest BCUT2D eigenvalue weighted by Gasteiger charge is 2.22. The molecule has 2 unspecified atom stereocenters. The summed E-state index contributed by atoms with van der Waals surface area (Å²) < 4.78 is 2.05. The van der Waals surface area contributed by atoms with E-state index in [1.54, 1.807) is 0 Å². The normalized spacial score (nSPS) is 17.9. The molecule has 0 aromatic carbocycles. The maximum atomic E-state index is 12.1. The van der Waals surface area contributed by atoms with Crippen molar-refractivity contribution in [3.8, 4) is 0 Å². The van der Waals surface area contributed by atoms with Gasteiger partial charge in [-0.2, -0.15) is 0 Å². The van der Waals surface area contributed by atoms with Crippen LogP contribution in [-0.2, 0) is 17.6 Å². The van der Waals surface area contributed by atoms with E-state index in [2.05, 4.69) is 17.2 Å². The van der Waals surface area contributed by atoms with Crippen molar-refractivity contribution in [2.24, 2.45) is 0 Å². The standard InChI is InChI=1S/C14H23N3O/c1-4-10(2)16-14(18)11(3)17-9-15-12-7-5-6-8-13(12)17/h9-11H,4-8H2,1-3H3,(H,16,18). The van der Waals surface area contributed by atoms with Gasteiger partial charge in [-0.15, -0.1) is 0 Å². The molecule has 1 aromatic rings. The molecule has 1 aromatic heterocycles. The van der Waals surface area contributed by atoms with E-state index in [0.29, 0.717) is 0 Å². The first kappa shape index (κ1) is 13.1. The summed E-state index contributed by atoms with van der Waals surface area (Å²) in [5.41, 5.74) is 2.44. The lowest BCUT2D eigenvalue weighted by Gasteiger charge is -2.21. The van der Waals surface area contributed by atoms with Crippen molar-refractivity contribution in [3.05, 3.63) is 17.7 Å². The van der Waals surface area contributed by atoms with Gasteiger partial charge < -0.3 is 9.88 Å². The Morgan fingerprint density at radius 1 is 1.44 bits per heavy atom. The molecular formula is C14H23N3O. The fourth-order valence-electron chi connectivity index (χ4n) is 2.42. The van der Waals surface area contributed by atoms with Crippen LogP contribution in [0, 0.1) is 0 Å². The smallest absolute Gasteiger partial charge is 0.243 e. The Hall–Kier alpha value is -1.32. The lowest BCUT2D eigenvalue weighted by molar-refractivity contribution is -0.124. The minimum atomic E-state index is -0.159. The number of carbonyl (C=O) groups excluding carboxylic acids is 1. The van der Waals surface area contributed by atoms with Gasteiger partial charge in [-0.1, -0.05) is 6.92 Å². The van der Waals surface area contributed by atoms with Gasteiger partial charge in [0.25, 0.3) is 0 Å². The Morgan fingerprint density at radius 2 is 2.17 bits per heavy atom. The third-order valence-electron chi connectivity index (χ3n) is 3.86. The largest absolute Gasteiger partial charge is 0.352 e. The molecule has 0 radical (unpaired) electrons. The van der Waals surface area contributed by atoms with E-state index in [0.717, 1.165) is 19.3 Å². The summed E-state index contributed by atoms with van der Waals surface area (Å²) in [6, 6.07) is 0.0765. The molecular weight excluding hydrogens is 226 g/mol. The average molecular weight is 249 g/mol. The molecule has 1 amide bonds. The molecule has 100 valence electrons. The second kappa shape index (κ2) is 5.55. The minimum Gasteiger partial charge on any atom is -0.352 e. The quantitative estimate of drug-likeness (QED) is 0.889. The van der Waals surface area contributed by atoms with Crippen LogP contribution in [-0.4, -0.2) is 21.5 Å². The van der Waals surface area contributed by atoms with Crippen LogP contribution >= 0.6 is 0 Å². The molecule has 2 atom stereocenters. The monoisotopic (exact) mass is 249 g/mol. The number of imidazole rings is 1. The second-order valence-corrected chi connectivity index (χ2v) is 5.25. The van der Waals surface area contributed by atoms with Crippen LogP contribution in [0.2, 0.25) is 0 Å². The number of nitrogens with one attached hydrogen (secondary N) is 1. The molecule has 1 N–H and O–H groups in total. The first-order valence-corrected chi connectivity index (χ1v) is 6.98. The lowest BCUT2D eigenvalue weighted by Crippen LogP contribution is -2.37. The van der Waals surface area contributed by atoms with Crippen LogP contribution in [0.5, 0.6) is 0 Å². The molecule has 1 aliphatic carbocycles. The zero-order valence-corrected chi connectivity index (χ0v) is 11.6. The number of nitrogens with zero attached hydrogens (tertiary/aromatic N) is 2. The summed E-state index contributed by atoms with van der Waals surface area (Å²) in [7, 11) is 0. The van der Waals surface area contributed by atoms with Crippen molar-refractivity contribution in [2.45, 2.75) is 65.0 Å². The maximum absolute atomic E-state index is 12.1. The highest BCUT2D eigenvalue weighted by atomic mass is 16.2. The molecule has 0 fully saturated rings. The number of aromatic nitrogens is 2. The molecule has 18 heavy (non-hydrogen) atoms. The Morgan fingerprint density at radius 3 is 2.89 bits per heavy atom. The summed E-state index contributed by atoms with van der Waals surface area (Å²) in [6.45, 7) is 6.07. The molecule has 1 heterocycles. The predicted molar refractivity (Wildman–Crippen MR) is 71.5 cm³/mol. The van der Waals surface area contributed by atoms with Crippen LogP contribution in [0.15, 0.2) is 6.33 Å². The fraction of sp³-hybridized carbons (Fsp3) is 0.714. The lowest BCUT2D eigenvalue weighted by atomic mass is 10.0. The molecule has 0 aliphatic heterocycles. The molecule has 0 bridgehead atoms. The van der Waals surface area contributed by atoms with Gasteiger partial charge in [0.15, 0.2) is 0 Å². The van der Waals surface area contributed by atoms with E-state index in [4.69, 9.17) is 0 Å². The van der Waals surface area contributed by atoms with Crippen LogP contribution in [0.1, 0.15) is 57.5 Å². The van der Waals surface area contributed by atoms with E-state index < -0.39 is 0 Å². The van der Waals surface area contributed by atoms with E-state index in [9.17, 15) is 4.79 Å². The Bertz CT molecular complexity index is 425. The number of hydrogen-bond donors (Lipinski definition) is 1. The first-order chi connectivity index (χ1) is 8.63. The van der Waals surface area contributed by atoms with Gasteiger partial charge in [0.05, 0.1) is 12.0 Å². The van der Waals surface area contributed by atoms with Crippen molar-refractivity contribution in [3.63, 3.8) is 0 Å². The van der Waals surface area contributed by atoms with Crippen molar-refractivity contribution in [1.29, 1.82) is 0 Å². The number of amides is 1. The van der Waals surface area contributed by atoms with Gasteiger partial charge >= 0.3 is 0 Å². The number of hydrogen-bond acceptors (Lipinski definition) is 2. The van der Waals surface area contributed by atoms with Crippen LogP contribution in [0.4, 0.5) is 0 Å². The van der Waals surface area contributed by atoms with Crippen molar-refractivity contribution in [2.75, 3.05) is 0 Å². The van der Waals surface area contributed by atoms with E-state index in [-0.39, 0.29) is 18.0 Å². The molecule has 4 nitrogen and oxygen atoms in total. The Kier molecular flexibility index (Phi) is 4.04. The minimum absolute atomic E-state index is 0.0927. The Labute approximate surface area is 109 Å². The molecule has 2 rings (SSSR count). The number of aryl methyl sites for hydroxylation is 1. The Balaban J connectivity index is 2.11. The average Bonchev–Trinajstić information content (AvgIpc) is 2.81. The second-order valence-electron chi connectivity index (χ2n) is 5.25. The highest BCUT2D eigenvalue weighted by Crippen LogP contribution is 2.23. The van der Waals surface area contributed by atoms with E-state index in [1.807, 2.05) is 24.7 Å². The number of rotatable bonds is 4. The van der Waals surface area contributed by atoms with E-state index in [1.165, 1.54) is 24.2 Å². The zero-order valence-electron chi connectivity index (χ0n) is 11.6. The van der Waals surface area contributed by atoms with Gasteiger partial charge in [-0.05, 0) is 46.0 Å². The first-order valence-electron chi connectivity index (χ1n) is 6.98. The zero-order chi connectivity index (χ0) is 13.1. The SMILES string of the molecule is CCC(C)NC(=O)C(C)n1cnc2c1CCCC2. The molecule has 4 heteroatoms. The number of fused-ring (bicyclic) bond motifs is 1. The molecule has 0 saturated heterocycles. The van der Waals surface area contributed by atoms with Gasteiger partial charge in [-0.25, -0.2) is 4.98 Å². The van der Waals surface area contributed by atoms with Crippen LogP contribution in [0.3, 0.4) is 0 Å². The predicted octanol–water partition coefficient (Wildman–Crippen LogP) is 2.24. The fourth-order valence-corrected chi connectivity index (χ4v) is 2.42. The van der Waals surface area contributed by atoms with Gasteiger partial charge in [0.2, 0.25) is 5.91 Å². The van der Waals surface area contributed by atoms with Gasteiger partial charge in [0, 0.05) is 11.7 Å². The summed E-state index contributed by atoms with van der Waals surface area (Å²) in [5.74, 6) is 0.0927. The summed E-state index contributed by atoms with van der Waals surface area (Å²) in [6.07, 6.45) is 7.32. The van der Waals surface area contributed by atoms with Crippen molar-refractivity contribution in [1.82, 2.24) is 14.9 Å². The molecule has 1 aliphatic rings. The topological polar surface area (TPSA) is 46.9 Å². The van der Waals surface area contributed by atoms with Crippen LogP contribution in [0.25, 0.3) is 0 Å². The maximum Gasteiger partial charge on any atom is 0.243 e. The summed E-state index contributed by atoms with van der Waals surface area (Å²) in [4.78, 5) is 16.6. The van der Waals surface area contributed by atoms with E-state index >= 15 is 0 Å². The molecule has 0 spiro atoms.